The Bertz CT molecular complexity index is 1520. The van der Waals surface area contributed by atoms with Gasteiger partial charge in [-0.25, -0.2) is 9.98 Å². The summed E-state index contributed by atoms with van der Waals surface area (Å²) >= 11 is 0. The predicted octanol–water partition coefficient (Wildman–Crippen LogP) is 4.90. The van der Waals surface area contributed by atoms with Gasteiger partial charge in [-0.2, -0.15) is 9.97 Å². The molecular formula is C34H43N7O2. The van der Waals surface area contributed by atoms with E-state index in [0.29, 0.717) is 18.7 Å². The number of aromatic nitrogens is 2. The van der Waals surface area contributed by atoms with E-state index in [9.17, 15) is 0 Å². The van der Waals surface area contributed by atoms with E-state index < -0.39 is 0 Å². The van der Waals surface area contributed by atoms with Crippen LogP contribution in [0.5, 0.6) is 6.01 Å². The van der Waals surface area contributed by atoms with Crippen LogP contribution in [0.25, 0.3) is 10.8 Å². The summed E-state index contributed by atoms with van der Waals surface area (Å²) in [6.07, 6.45) is 6.44. The second-order valence-electron chi connectivity index (χ2n) is 12.6. The number of rotatable bonds is 8. The zero-order valence-electron chi connectivity index (χ0n) is 25.7. The first-order valence-corrected chi connectivity index (χ1v) is 16.0. The van der Waals surface area contributed by atoms with Crippen LogP contribution in [0.3, 0.4) is 0 Å². The fraction of sp³-hybridized carbons (Fsp3) is 0.559. The van der Waals surface area contributed by atoms with Crippen molar-refractivity contribution in [1.29, 1.82) is 0 Å². The number of likely N-dealkylation sites (N-methyl/N-ethyl adjacent to an activating group) is 1. The minimum absolute atomic E-state index is 0.237. The number of methoxy groups -OCH3 is 1. The van der Waals surface area contributed by atoms with Crippen LogP contribution in [0.4, 0.5) is 11.5 Å². The maximum Gasteiger partial charge on any atom is 0.318 e. The lowest BCUT2D eigenvalue weighted by molar-refractivity contribution is 0.178. The van der Waals surface area contributed by atoms with Crippen molar-refractivity contribution in [3.05, 3.63) is 53.2 Å². The van der Waals surface area contributed by atoms with Crippen LogP contribution in [0.15, 0.2) is 46.4 Å². The molecule has 1 saturated carbocycles. The van der Waals surface area contributed by atoms with Crippen LogP contribution >= 0.6 is 0 Å². The van der Waals surface area contributed by atoms with Crippen LogP contribution in [-0.2, 0) is 17.7 Å². The zero-order chi connectivity index (χ0) is 29.3. The number of nitrogens with zero attached hydrogens (tertiary/aromatic N) is 7. The Labute approximate surface area is 254 Å². The molecule has 2 saturated heterocycles. The third kappa shape index (κ3) is 5.99. The molecule has 3 aromatic rings. The van der Waals surface area contributed by atoms with E-state index in [4.69, 9.17) is 19.4 Å². The molecule has 7 rings (SSSR count). The fourth-order valence-corrected chi connectivity index (χ4v) is 6.99. The molecule has 226 valence electrons. The molecule has 2 aromatic carbocycles. The molecule has 0 amide bonds. The van der Waals surface area contributed by atoms with Crippen LogP contribution in [0.2, 0.25) is 0 Å². The Morgan fingerprint density at radius 1 is 0.977 bits per heavy atom. The molecule has 43 heavy (non-hydrogen) atoms. The van der Waals surface area contributed by atoms with Crippen molar-refractivity contribution >= 4 is 28.3 Å². The topological polar surface area (TPSA) is 78.7 Å². The van der Waals surface area contributed by atoms with Crippen molar-refractivity contribution in [2.24, 2.45) is 9.98 Å². The van der Waals surface area contributed by atoms with Crippen LogP contribution in [-0.4, -0.2) is 92.0 Å². The average molecular weight is 582 g/mol. The van der Waals surface area contributed by atoms with Gasteiger partial charge in [0.15, 0.2) is 0 Å². The molecule has 0 N–H and O–H groups in total. The van der Waals surface area contributed by atoms with Crippen LogP contribution in [0, 0.1) is 6.92 Å². The lowest BCUT2D eigenvalue weighted by Gasteiger charge is -2.36. The van der Waals surface area contributed by atoms with Crippen molar-refractivity contribution in [2.75, 3.05) is 56.7 Å². The van der Waals surface area contributed by atoms with E-state index in [-0.39, 0.29) is 18.2 Å². The second kappa shape index (κ2) is 12.2. The second-order valence-corrected chi connectivity index (χ2v) is 12.6. The van der Waals surface area contributed by atoms with Gasteiger partial charge < -0.3 is 24.2 Å². The largest absolute Gasteiger partial charge is 0.462 e. The number of likely N-dealkylation sites (tertiary alicyclic amines) is 1. The Balaban J connectivity index is 1.13. The molecule has 3 aliphatic heterocycles. The predicted molar refractivity (Wildman–Crippen MR) is 171 cm³/mol. The molecule has 9 heteroatoms. The highest BCUT2D eigenvalue weighted by Gasteiger charge is 2.37. The summed E-state index contributed by atoms with van der Waals surface area (Å²) in [4.78, 5) is 26.5. The van der Waals surface area contributed by atoms with Gasteiger partial charge >= 0.3 is 6.01 Å². The Hall–Kier alpha value is -3.52. The fourth-order valence-electron chi connectivity index (χ4n) is 6.99. The Kier molecular flexibility index (Phi) is 8.04. The van der Waals surface area contributed by atoms with E-state index in [1.807, 2.05) is 0 Å². The quantitative estimate of drug-likeness (QED) is 0.350. The van der Waals surface area contributed by atoms with Crippen molar-refractivity contribution in [1.82, 2.24) is 14.9 Å². The van der Waals surface area contributed by atoms with E-state index in [1.54, 1.807) is 7.11 Å². The number of benzene rings is 2. The van der Waals surface area contributed by atoms with Crippen molar-refractivity contribution in [3.63, 3.8) is 0 Å². The first-order chi connectivity index (χ1) is 21.1. The maximum absolute atomic E-state index is 6.35. The lowest BCUT2D eigenvalue weighted by Crippen LogP contribution is -2.39. The molecule has 4 heterocycles. The number of fused-ring (bicyclic) bond motifs is 2. The molecule has 2 unspecified atom stereocenters. The molecule has 3 fully saturated rings. The highest BCUT2D eigenvalue weighted by Crippen LogP contribution is 2.36. The molecule has 0 radical (unpaired) electrons. The zero-order valence-corrected chi connectivity index (χ0v) is 25.7. The van der Waals surface area contributed by atoms with E-state index in [1.165, 1.54) is 34.0 Å². The summed E-state index contributed by atoms with van der Waals surface area (Å²) in [6, 6.07) is 17.6. The first kappa shape index (κ1) is 28.3. The number of piperidine rings is 1. The number of aryl methyl sites for hydroxylation is 1. The van der Waals surface area contributed by atoms with E-state index >= 15 is 0 Å². The molecule has 1 aromatic heterocycles. The Morgan fingerprint density at radius 2 is 1.81 bits per heavy atom. The minimum atomic E-state index is 0.237. The van der Waals surface area contributed by atoms with Gasteiger partial charge in [0.1, 0.15) is 12.4 Å². The normalized spacial score (nSPS) is 24.1. The van der Waals surface area contributed by atoms with Crippen LogP contribution in [0.1, 0.15) is 48.9 Å². The standard InChI is InChI=1S/C34H43N7O2/c1-23-7-4-8-24-9-5-11-30(32(23)24)41-18-14-27-29(20-41)37-34(43-21-26-10-6-15-39(26)2)38-33(27)40-16-12-25(13-17-40)35-22-36-28-19-31(28)42-3/h4-5,7-9,11,25-26,28,31H,6,10,12-21H2,1-3H3/t26-,28?,31?/m0/s1. The monoisotopic (exact) mass is 581 g/mol. The summed E-state index contributed by atoms with van der Waals surface area (Å²) in [5.74, 6) is 1.05. The van der Waals surface area contributed by atoms with Gasteiger partial charge in [-0.15, -0.1) is 0 Å². The molecule has 9 nitrogen and oxygen atoms in total. The highest BCUT2D eigenvalue weighted by molar-refractivity contribution is 5.97. The van der Waals surface area contributed by atoms with Gasteiger partial charge in [0.25, 0.3) is 0 Å². The lowest BCUT2D eigenvalue weighted by atomic mass is 9.99. The molecular weight excluding hydrogens is 538 g/mol. The molecule has 3 atom stereocenters. The van der Waals surface area contributed by atoms with Crippen molar-refractivity contribution < 1.29 is 9.47 Å². The van der Waals surface area contributed by atoms with Crippen molar-refractivity contribution in [2.45, 2.75) is 76.2 Å². The number of hydrogen-bond acceptors (Lipinski definition) is 9. The minimum Gasteiger partial charge on any atom is -0.462 e. The van der Waals surface area contributed by atoms with Gasteiger partial charge in [0.2, 0.25) is 0 Å². The summed E-state index contributed by atoms with van der Waals surface area (Å²) in [6.45, 7) is 7.45. The van der Waals surface area contributed by atoms with Crippen LogP contribution < -0.4 is 14.5 Å². The number of hydrogen-bond donors (Lipinski definition) is 0. The van der Waals surface area contributed by atoms with Gasteiger partial charge in [0.05, 0.1) is 36.4 Å². The average Bonchev–Trinajstić information content (AvgIpc) is 3.68. The number of ether oxygens (including phenoxy) is 2. The van der Waals surface area contributed by atoms with Gasteiger partial charge in [-0.1, -0.05) is 30.3 Å². The molecule has 1 aliphatic carbocycles. The summed E-state index contributed by atoms with van der Waals surface area (Å²) < 4.78 is 11.7. The summed E-state index contributed by atoms with van der Waals surface area (Å²) in [7, 11) is 3.92. The highest BCUT2D eigenvalue weighted by atomic mass is 16.5. The smallest absolute Gasteiger partial charge is 0.318 e. The number of aliphatic imine (C=N–C) groups is 2. The third-order valence-electron chi connectivity index (χ3n) is 9.76. The van der Waals surface area contributed by atoms with Gasteiger partial charge in [-0.3, -0.25) is 0 Å². The third-order valence-corrected chi connectivity index (χ3v) is 9.76. The SMILES string of the molecule is COC1CC1N=C=NC1CCN(c2nc(OC[C@@H]3CCCN3C)nc3c2CCN(c2cccc4cccc(C)c24)C3)CC1. The maximum atomic E-state index is 6.35. The van der Waals surface area contributed by atoms with Gasteiger partial charge in [0, 0.05) is 55.8 Å². The first-order valence-electron chi connectivity index (χ1n) is 16.0. The number of anilines is 2. The van der Waals surface area contributed by atoms with Gasteiger partial charge in [-0.05, 0) is 69.6 Å². The summed E-state index contributed by atoms with van der Waals surface area (Å²) in [5.41, 5.74) is 4.93. The molecule has 0 bridgehead atoms. The van der Waals surface area contributed by atoms with E-state index in [2.05, 4.69) is 81.1 Å². The Morgan fingerprint density at radius 3 is 2.58 bits per heavy atom. The summed E-state index contributed by atoms with van der Waals surface area (Å²) in [5, 5.41) is 2.61. The molecule has 0 spiro atoms. The molecule has 4 aliphatic rings. The van der Waals surface area contributed by atoms with Crippen molar-refractivity contribution in [3.8, 4) is 6.01 Å². The van der Waals surface area contributed by atoms with E-state index in [0.717, 1.165) is 76.3 Å².